The molecule has 0 aliphatic carbocycles. The van der Waals surface area contributed by atoms with Crippen LogP contribution in [0.1, 0.15) is 25.8 Å². The molecule has 0 spiro atoms. The van der Waals surface area contributed by atoms with Gasteiger partial charge in [-0.15, -0.1) is 0 Å². The summed E-state index contributed by atoms with van der Waals surface area (Å²) in [5.41, 5.74) is 2.48. The highest BCUT2D eigenvalue weighted by molar-refractivity contribution is 6.31. The summed E-state index contributed by atoms with van der Waals surface area (Å²) in [6.45, 7) is 9.22. The van der Waals surface area contributed by atoms with Crippen molar-refractivity contribution in [1.82, 2.24) is 9.80 Å². The molecule has 0 unspecified atom stereocenters. The Kier molecular flexibility index (Phi) is 8.00. The predicted molar refractivity (Wildman–Crippen MR) is 103 cm³/mol. The first kappa shape index (κ1) is 19.2. The van der Waals surface area contributed by atoms with Gasteiger partial charge in [-0.2, -0.15) is 0 Å². The van der Waals surface area contributed by atoms with Crippen molar-refractivity contribution < 1.29 is 5.11 Å². The molecule has 1 atom stereocenters. The normalized spacial score (nSPS) is 20.2. The largest absolute Gasteiger partial charge is 0.396 e. The van der Waals surface area contributed by atoms with E-state index in [0.717, 1.165) is 49.7 Å². The summed E-state index contributed by atoms with van der Waals surface area (Å²) in [4.78, 5) is 4.86. The van der Waals surface area contributed by atoms with Crippen molar-refractivity contribution in [2.75, 3.05) is 39.3 Å². The highest BCUT2D eigenvalue weighted by Crippen LogP contribution is 2.17. The van der Waals surface area contributed by atoms with Crippen LogP contribution in [0.15, 0.2) is 47.0 Å². The number of rotatable bonds is 7. The van der Waals surface area contributed by atoms with Gasteiger partial charge in [0.05, 0.1) is 0 Å². The number of benzene rings is 1. The number of hydrogen-bond donors (Lipinski definition) is 1. The van der Waals surface area contributed by atoms with Gasteiger partial charge in [0, 0.05) is 50.4 Å². The molecule has 1 aromatic rings. The molecule has 24 heavy (non-hydrogen) atoms. The standard InChI is InChI=1S/C20H29ClN2O/c1-17(2)8-10-23-12-11-22(16-20(23)9-13-24)15-19(21)14-18-6-4-3-5-7-18/h3-8,14,20,24H,9-13,15-16H2,1-2H3/b19-14-/t20-/m0/s1. The molecule has 1 aliphatic rings. The molecule has 1 N–H and O–H groups in total. The van der Waals surface area contributed by atoms with Crippen LogP contribution in [-0.4, -0.2) is 60.3 Å². The number of aliphatic hydroxyl groups excluding tert-OH is 1. The predicted octanol–water partition coefficient (Wildman–Crippen LogP) is 3.60. The highest BCUT2D eigenvalue weighted by Gasteiger charge is 2.25. The Morgan fingerprint density at radius 3 is 2.67 bits per heavy atom. The third-order valence-corrected chi connectivity index (χ3v) is 4.61. The van der Waals surface area contributed by atoms with Crippen LogP contribution < -0.4 is 0 Å². The van der Waals surface area contributed by atoms with E-state index < -0.39 is 0 Å². The molecule has 1 aliphatic heterocycles. The molecular formula is C20H29ClN2O. The molecular weight excluding hydrogens is 320 g/mol. The van der Waals surface area contributed by atoms with Gasteiger partial charge in [0.15, 0.2) is 0 Å². The van der Waals surface area contributed by atoms with Gasteiger partial charge < -0.3 is 5.11 Å². The van der Waals surface area contributed by atoms with Crippen molar-refractivity contribution in [3.05, 3.63) is 52.6 Å². The lowest BCUT2D eigenvalue weighted by Gasteiger charge is -2.41. The molecule has 0 amide bonds. The zero-order valence-electron chi connectivity index (χ0n) is 14.8. The molecule has 1 saturated heterocycles. The number of halogens is 1. The summed E-state index contributed by atoms with van der Waals surface area (Å²) in [5.74, 6) is 0. The van der Waals surface area contributed by atoms with Crippen molar-refractivity contribution in [2.24, 2.45) is 0 Å². The van der Waals surface area contributed by atoms with Gasteiger partial charge in [-0.05, 0) is 31.9 Å². The van der Waals surface area contributed by atoms with Crippen molar-refractivity contribution >= 4 is 17.7 Å². The van der Waals surface area contributed by atoms with Gasteiger partial charge >= 0.3 is 0 Å². The molecule has 132 valence electrons. The Morgan fingerprint density at radius 1 is 1.25 bits per heavy atom. The summed E-state index contributed by atoms with van der Waals surface area (Å²) < 4.78 is 0. The molecule has 4 heteroatoms. The summed E-state index contributed by atoms with van der Waals surface area (Å²) >= 11 is 6.46. The molecule has 1 fully saturated rings. The fourth-order valence-corrected chi connectivity index (χ4v) is 3.35. The van der Waals surface area contributed by atoms with E-state index in [-0.39, 0.29) is 6.61 Å². The minimum absolute atomic E-state index is 0.234. The molecule has 0 radical (unpaired) electrons. The van der Waals surface area contributed by atoms with Crippen molar-refractivity contribution in [3.8, 4) is 0 Å². The summed E-state index contributed by atoms with van der Waals surface area (Å²) in [6.07, 6.45) is 5.12. The monoisotopic (exact) mass is 348 g/mol. The van der Waals surface area contributed by atoms with Crippen molar-refractivity contribution in [3.63, 3.8) is 0 Å². The fraction of sp³-hybridized carbons (Fsp3) is 0.500. The fourth-order valence-electron chi connectivity index (χ4n) is 3.05. The van der Waals surface area contributed by atoms with Gasteiger partial charge in [0.2, 0.25) is 0 Å². The first-order chi connectivity index (χ1) is 11.6. The van der Waals surface area contributed by atoms with Crippen LogP contribution in [0, 0.1) is 0 Å². The van der Waals surface area contributed by atoms with E-state index in [2.05, 4.69) is 41.9 Å². The average Bonchev–Trinajstić information content (AvgIpc) is 2.55. The van der Waals surface area contributed by atoms with Crippen molar-refractivity contribution in [1.29, 1.82) is 0 Å². The van der Waals surface area contributed by atoms with Gasteiger partial charge in [-0.3, -0.25) is 9.80 Å². The number of nitrogens with zero attached hydrogens (tertiary/aromatic N) is 2. The molecule has 1 heterocycles. The maximum absolute atomic E-state index is 9.38. The third kappa shape index (κ3) is 6.40. The number of hydrogen-bond acceptors (Lipinski definition) is 3. The second-order valence-corrected chi connectivity index (χ2v) is 7.16. The number of allylic oxidation sites excluding steroid dienone is 1. The van der Waals surface area contributed by atoms with Crippen LogP contribution in [0.25, 0.3) is 6.08 Å². The first-order valence-electron chi connectivity index (χ1n) is 8.70. The Labute approximate surface area is 151 Å². The lowest BCUT2D eigenvalue weighted by molar-refractivity contribution is 0.0738. The maximum atomic E-state index is 9.38. The molecule has 0 saturated carbocycles. The van der Waals surface area contributed by atoms with Crippen LogP contribution in [0.3, 0.4) is 0 Å². The number of piperazine rings is 1. The van der Waals surface area contributed by atoms with Gasteiger partial charge in [-0.25, -0.2) is 0 Å². The summed E-state index contributed by atoms with van der Waals surface area (Å²) in [6, 6.07) is 10.6. The molecule has 1 aromatic carbocycles. The zero-order chi connectivity index (χ0) is 17.4. The second kappa shape index (κ2) is 10.00. The topological polar surface area (TPSA) is 26.7 Å². The minimum atomic E-state index is 0.234. The van der Waals surface area contributed by atoms with E-state index in [1.807, 2.05) is 24.3 Å². The van der Waals surface area contributed by atoms with E-state index >= 15 is 0 Å². The van der Waals surface area contributed by atoms with Gasteiger partial charge in [-0.1, -0.05) is 53.6 Å². The highest BCUT2D eigenvalue weighted by atomic mass is 35.5. The zero-order valence-corrected chi connectivity index (χ0v) is 15.5. The smallest absolute Gasteiger partial charge is 0.0446 e. The van der Waals surface area contributed by atoms with Crippen LogP contribution in [0.4, 0.5) is 0 Å². The van der Waals surface area contributed by atoms with Gasteiger partial charge in [0.1, 0.15) is 0 Å². The molecule has 0 bridgehead atoms. The lowest BCUT2D eigenvalue weighted by Crippen LogP contribution is -2.53. The van der Waals surface area contributed by atoms with E-state index in [4.69, 9.17) is 11.6 Å². The van der Waals surface area contributed by atoms with Crippen LogP contribution in [0.5, 0.6) is 0 Å². The third-order valence-electron chi connectivity index (χ3n) is 4.38. The minimum Gasteiger partial charge on any atom is -0.396 e. The van der Waals surface area contributed by atoms with E-state index in [1.54, 1.807) is 0 Å². The SMILES string of the molecule is CC(C)=CCN1CCN(C/C(Cl)=C/c2ccccc2)C[C@@H]1CCO. The Bertz CT molecular complexity index is 552. The van der Waals surface area contributed by atoms with Crippen LogP contribution >= 0.6 is 11.6 Å². The van der Waals surface area contributed by atoms with E-state index in [0.29, 0.717) is 6.04 Å². The lowest BCUT2D eigenvalue weighted by atomic mass is 10.1. The van der Waals surface area contributed by atoms with Gasteiger partial charge in [0.25, 0.3) is 0 Å². The second-order valence-electron chi connectivity index (χ2n) is 6.68. The van der Waals surface area contributed by atoms with E-state index in [9.17, 15) is 5.11 Å². The van der Waals surface area contributed by atoms with Crippen LogP contribution in [0.2, 0.25) is 0 Å². The average molecular weight is 349 g/mol. The molecule has 0 aromatic heterocycles. The molecule has 3 nitrogen and oxygen atoms in total. The Hall–Kier alpha value is -1.13. The first-order valence-corrected chi connectivity index (χ1v) is 9.08. The summed E-state index contributed by atoms with van der Waals surface area (Å²) in [7, 11) is 0. The van der Waals surface area contributed by atoms with Crippen molar-refractivity contribution in [2.45, 2.75) is 26.3 Å². The Morgan fingerprint density at radius 2 is 2.00 bits per heavy atom. The van der Waals surface area contributed by atoms with E-state index in [1.165, 1.54) is 5.57 Å². The summed E-state index contributed by atoms with van der Waals surface area (Å²) in [5, 5.41) is 10.2. The Balaban J connectivity index is 1.93. The van der Waals surface area contributed by atoms with Crippen LogP contribution in [-0.2, 0) is 0 Å². The maximum Gasteiger partial charge on any atom is 0.0446 e. The quantitative estimate of drug-likeness (QED) is 0.763. The molecule has 2 rings (SSSR count). The number of aliphatic hydroxyl groups is 1.